The van der Waals surface area contributed by atoms with Gasteiger partial charge in [0.2, 0.25) is 0 Å². The van der Waals surface area contributed by atoms with Crippen molar-refractivity contribution < 1.29 is 32.4 Å². The molecule has 0 saturated heterocycles. The molecule has 0 N–H and O–H groups in total. The molecule has 0 unspecified atom stereocenters. The number of carbonyl (C=O) groups is 2. The number of esters is 1. The Balaban J connectivity index is 1.60. The number of hydrogen-bond donors (Lipinski definition) is 0. The number of aromatic nitrogens is 1. The lowest BCUT2D eigenvalue weighted by molar-refractivity contribution is 0.0474. The van der Waals surface area contributed by atoms with Gasteiger partial charge in [-0.15, -0.1) is 0 Å². The van der Waals surface area contributed by atoms with Gasteiger partial charge in [0.05, 0.1) is 16.8 Å². The van der Waals surface area contributed by atoms with Crippen molar-refractivity contribution in [1.82, 2.24) is 5.16 Å². The molecule has 0 aliphatic heterocycles. The van der Waals surface area contributed by atoms with Crippen molar-refractivity contribution in [2.75, 3.05) is 6.61 Å². The van der Waals surface area contributed by atoms with E-state index in [1.165, 1.54) is 12.1 Å². The molecule has 1 heterocycles. The molecule has 0 spiro atoms. The summed E-state index contributed by atoms with van der Waals surface area (Å²) < 4.78 is 41.9. The summed E-state index contributed by atoms with van der Waals surface area (Å²) in [6.45, 7) is 3.19. The van der Waals surface area contributed by atoms with Gasteiger partial charge >= 0.3 is 5.97 Å². The zero-order valence-corrected chi connectivity index (χ0v) is 15.7. The largest absolute Gasteiger partial charge is 0.489 e. The van der Waals surface area contributed by atoms with E-state index in [4.69, 9.17) is 14.0 Å². The van der Waals surface area contributed by atoms with Crippen LogP contribution in [-0.2, 0) is 11.3 Å². The van der Waals surface area contributed by atoms with Gasteiger partial charge in [-0.25, -0.2) is 13.6 Å². The third kappa shape index (κ3) is 4.84. The molecule has 1 aromatic heterocycles. The highest BCUT2D eigenvalue weighted by Gasteiger charge is 2.15. The number of carbonyl (C=O) groups excluding carboxylic acids is 2. The zero-order chi connectivity index (χ0) is 21.0. The smallest absolute Gasteiger partial charge is 0.338 e. The number of ketones is 1. The summed E-state index contributed by atoms with van der Waals surface area (Å²) in [5.74, 6) is -2.54. The van der Waals surface area contributed by atoms with E-state index in [1.54, 1.807) is 26.0 Å². The lowest BCUT2D eigenvalue weighted by atomic mass is 10.1. The van der Waals surface area contributed by atoms with Gasteiger partial charge in [-0.2, -0.15) is 0 Å². The van der Waals surface area contributed by atoms with Crippen molar-refractivity contribution in [3.63, 3.8) is 0 Å². The van der Waals surface area contributed by atoms with Gasteiger partial charge in [-0.3, -0.25) is 4.79 Å². The van der Waals surface area contributed by atoms with E-state index < -0.39 is 30.0 Å². The van der Waals surface area contributed by atoms with Crippen LogP contribution in [0.2, 0.25) is 0 Å². The van der Waals surface area contributed by atoms with Crippen LogP contribution in [0.4, 0.5) is 8.78 Å². The van der Waals surface area contributed by atoms with Crippen molar-refractivity contribution >= 4 is 11.8 Å². The van der Waals surface area contributed by atoms with Crippen LogP contribution in [-0.4, -0.2) is 23.5 Å². The molecule has 0 bridgehead atoms. The third-order valence-corrected chi connectivity index (χ3v) is 4.21. The fraction of sp³-hybridized carbons (Fsp3) is 0.190. The van der Waals surface area contributed by atoms with Crippen LogP contribution in [0, 0.1) is 25.5 Å². The van der Waals surface area contributed by atoms with Gasteiger partial charge < -0.3 is 14.0 Å². The van der Waals surface area contributed by atoms with Gasteiger partial charge in [-0.05, 0) is 50.2 Å². The Bertz CT molecular complexity index is 1040. The Morgan fingerprint density at radius 1 is 1.03 bits per heavy atom. The summed E-state index contributed by atoms with van der Waals surface area (Å²) in [6.07, 6.45) is 0. The van der Waals surface area contributed by atoms with Gasteiger partial charge in [0.1, 0.15) is 18.1 Å². The van der Waals surface area contributed by atoms with Crippen molar-refractivity contribution in [3.8, 4) is 5.75 Å². The summed E-state index contributed by atoms with van der Waals surface area (Å²) in [5.41, 5.74) is 1.62. The van der Waals surface area contributed by atoms with Gasteiger partial charge in [0.15, 0.2) is 24.0 Å². The molecule has 3 aromatic rings. The topological polar surface area (TPSA) is 78.6 Å². The maximum Gasteiger partial charge on any atom is 0.338 e. The minimum Gasteiger partial charge on any atom is -0.489 e. The van der Waals surface area contributed by atoms with E-state index in [9.17, 15) is 18.4 Å². The number of hydrogen-bond acceptors (Lipinski definition) is 6. The molecule has 0 amide bonds. The highest BCUT2D eigenvalue weighted by molar-refractivity contribution is 5.99. The van der Waals surface area contributed by atoms with Gasteiger partial charge in [0, 0.05) is 5.56 Å². The summed E-state index contributed by atoms with van der Waals surface area (Å²) in [7, 11) is 0. The van der Waals surface area contributed by atoms with Gasteiger partial charge in [0.25, 0.3) is 0 Å². The van der Waals surface area contributed by atoms with E-state index in [-0.39, 0.29) is 17.7 Å². The molecule has 3 rings (SSSR count). The first kappa shape index (κ1) is 20.2. The number of benzene rings is 2. The first-order valence-electron chi connectivity index (χ1n) is 8.65. The maximum absolute atomic E-state index is 13.2. The summed E-state index contributed by atoms with van der Waals surface area (Å²) in [6, 6.07) is 8.98. The molecule has 6 nitrogen and oxygen atoms in total. The van der Waals surface area contributed by atoms with Crippen molar-refractivity contribution in [3.05, 3.63) is 82.2 Å². The SMILES string of the molecule is Cc1noc(C)c1COc1cccc(C(=O)OCC(=O)c2ccc(F)c(F)c2)c1. The quantitative estimate of drug-likeness (QED) is 0.436. The highest BCUT2D eigenvalue weighted by Crippen LogP contribution is 2.19. The minimum atomic E-state index is -1.15. The van der Waals surface area contributed by atoms with Crippen molar-refractivity contribution in [1.29, 1.82) is 0 Å². The molecular weight excluding hydrogens is 384 g/mol. The Kier molecular flexibility index (Phi) is 6.01. The zero-order valence-electron chi connectivity index (χ0n) is 15.7. The van der Waals surface area contributed by atoms with Crippen LogP contribution < -0.4 is 4.74 Å². The predicted molar refractivity (Wildman–Crippen MR) is 97.7 cm³/mol. The number of halogens is 2. The summed E-state index contributed by atoms with van der Waals surface area (Å²) in [5, 5.41) is 3.84. The Hall–Kier alpha value is -3.55. The van der Waals surface area contributed by atoms with Crippen molar-refractivity contribution in [2.24, 2.45) is 0 Å². The number of nitrogens with zero attached hydrogens (tertiary/aromatic N) is 1. The molecule has 0 aliphatic carbocycles. The second-order valence-corrected chi connectivity index (χ2v) is 6.25. The number of aryl methyl sites for hydroxylation is 2. The van der Waals surface area contributed by atoms with Crippen LogP contribution in [0.5, 0.6) is 5.75 Å². The standard InChI is InChI=1S/C21H17F2NO5/c1-12-17(13(2)29-24-12)10-27-16-5-3-4-15(8-16)21(26)28-11-20(25)14-6-7-18(22)19(23)9-14/h3-9H,10-11H2,1-2H3. The number of ether oxygens (including phenoxy) is 2. The molecule has 0 aliphatic rings. The van der Waals surface area contributed by atoms with E-state index in [1.807, 2.05) is 0 Å². The van der Waals surface area contributed by atoms with E-state index in [0.29, 0.717) is 17.2 Å². The van der Waals surface area contributed by atoms with Crippen LogP contribution in [0.15, 0.2) is 47.0 Å². The Labute approximate surface area is 165 Å². The fourth-order valence-corrected chi connectivity index (χ4v) is 2.54. The van der Waals surface area contributed by atoms with E-state index >= 15 is 0 Å². The summed E-state index contributed by atoms with van der Waals surface area (Å²) >= 11 is 0. The Morgan fingerprint density at radius 2 is 1.83 bits per heavy atom. The second kappa shape index (κ2) is 8.64. The van der Waals surface area contributed by atoms with Gasteiger partial charge in [-0.1, -0.05) is 11.2 Å². The molecule has 150 valence electrons. The molecule has 8 heteroatoms. The minimum absolute atomic E-state index is 0.0896. The lowest BCUT2D eigenvalue weighted by Crippen LogP contribution is -2.14. The average Bonchev–Trinajstić information content (AvgIpc) is 3.04. The van der Waals surface area contributed by atoms with Crippen LogP contribution in [0.25, 0.3) is 0 Å². The molecule has 29 heavy (non-hydrogen) atoms. The maximum atomic E-state index is 13.2. The normalized spacial score (nSPS) is 10.6. The highest BCUT2D eigenvalue weighted by atomic mass is 19.2. The van der Waals surface area contributed by atoms with E-state index in [2.05, 4.69) is 5.16 Å². The first-order chi connectivity index (χ1) is 13.8. The number of Topliss-reactive ketones (excluding diaryl/α,β-unsaturated/α-hetero) is 1. The monoisotopic (exact) mass is 401 g/mol. The average molecular weight is 401 g/mol. The molecule has 0 saturated carbocycles. The lowest BCUT2D eigenvalue weighted by Gasteiger charge is -2.08. The van der Waals surface area contributed by atoms with Crippen LogP contribution in [0.1, 0.15) is 37.7 Å². The van der Waals surface area contributed by atoms with E-state index in [0.717, 1.165) is 23.8 Å². The fourth-order valence-electron chi connectivity index (χ4n) is 2.54. The van der Waals surface area contributed by atoms with Crippen molar-refractivity contribution in [2.45, 2.75) is 20.5 Å². The summed E-state index contributed by atoms with van der Waals surface area (Å²) in [4.78, 5) is 24.2. The third-order valence-electron chi connectivity index (χ3n) is 4.21. The molecule has 2 aromatic carbocycles. The molecule has 0 radical (unpaired) electrons. The predicted octanol–water partition coefficient (Wildman–Crippen LogP) is 4.19. The second-order valence-electron chi connectivity index (χ2n) is 6.25. The number of rotatable bonds is 7. The molecule has 0 atom stereocenters. The molecule has 0 fully saturated rings. The van der Waals surface area contributed by atoms with Crippen LogP contribution >= 0.6 is 0 Å². The Morgan fingerprint density at radius 3 is 2.52 bits per heavy atom. The molecular formula is C21H17F2NO5. The first-order valence-corrected chi connectivity index (χ1v) is 8.65. The van der Waals surface area contributed by atoms with Crippen LogP contribution in [0.3, 0.4) is 0 Å².